The van der Waals surface area contributed by atoms with Crippen LogP contribution in [0.25, 0.3) is 0 Å². The van der Waals surface area contributed by atoms with E-state index in [2.05, 4.69) is 12.1 Å². The molecule has 0 amide bonds. The standard InChI is InChI=1S/C11H12N2O/c1-8-3-4-11(14-2)10(5-8)13-7-9(13)6-12/h3-5,9H,7H2,1-2H3. The topological polar surface area (TPSA) is 36.0 Å². The van der Waals surface area contributed by atoms with Crippen LogP contribution in [-0.4, -0.2) is 19.7 Å². The Hall–Kier alpha value is -1.69. The third kappa shape index (κ3) is 1.39. The van der Waals surface area contributed by atoms with Crippen molar-refractivity contribution in [1.29, 1.82) is 5.26 Å². The van der Waals surface area contributed by atoms with E-state index in [0.29, 0.717) is 0 Å². The van der Waals surface area contributed by atoms with Crippen LogP contribution in [0.3, 0.4) is 0 Å². The Morgan fingerprint density at radius 2 is 2.36 bits per heavy atom. The van der Waals surface area contributed by atoms with Gasteiger partial charge in [0.05, 0.1) is 25.4 Å². The molecule has 0 saturated carbocycles. The number of nitriles is 1. The molecule has 1 aromatic carbocycles. The Bertz CT molecular complexity index is 395. The Morgan fingerprint density at radius 3 is 2.93 bits per heavy atom. The van der Waals surface area contributed by atoms with Gasteiger partial charge >= 0.3 is 0 Å². The van der Waals surface area contributed by atoms with Crippen molar-refractivity contribution < 1.29 is 4.74 Å². The number of anilines is 1. The molecular weight excluding hydrogens is 176 g/mol. The van der Waals surface area contributed by atoms with E-state index in [-0.39, 0.29) is 6.04 Å². The summed E-state index contributed by atoms with van der Waals surface area (Å²) in [5, 5.41) is 8.74. The normalized spacial score (nSPS) is 18.9. The van der Waals surface area contributed by atoms with Gasteiger partial charge < -0.3 is 9.64 Å². The van der Waals surface area contributed by atoms with Crippen LogP contribution >= 0.6 is 0 Å². The molecule has 0 spiro atoms. The van der Waals surface area contributed by atoms with Gasteiger partial charge in [-0.2, -0.15) is 5.26 Å². The van der Waals surface area contributed by atoms with Gasteiger partial charge in [0.2, 0.25) is 0 Å². The van der Waals surface area contributed by atoms with E-state index < -0.39 is 0 Å². The molecule has 14 heavy (non-hydrogen) atoms. The quantitative estimate of drug-likeness (QED) is 0.663. The zero-order valence-electron chi connectivity index (χ0n) is 8.32. The molecule has 0 N–H and O–H groups in total. The van der Waals surface area contributed by atoms with E-state index in [0.717, 1.165) is 18.0 Å². The molecule has 0 aliphatic carbocycles. The number of aryl methyl sites for hydroxylation is 1. The number of methoxy groups -OCH3 is 1. The van der Waals surface area contributed by atoms with Crippen molar-refractivity contribution in [3.8, 4) is 11.8 Å². The van der Waals surface area contributed by atoms with Crippen molar-refractivity contribution >= 4 is 5.69 Å². The Kier molecular flexibility index (Phi) is 2.05. The van der Waals surface area contributed by atoms with Gasteiger partial charge in [-0.05, 0) is 24.6 Å². The lowest BCUT2D eigenvalue weighted by Gasteiger charge is -2.10. The number of hydrogen-bond donors (Lipinski definition) is 0. The van der Waals surface area contributed by atoms with Gasteiger partial charge in [0.15, 0.2) is 0 Å². The molecule has 1 atom stereocenters. The molecule has 0 radical (unpaired) electrons. The molecule has 0 aromatic heterocycles. The number of rotatable bonds is 2. The van der Waals surface area contributed by atoms with Gasteiger partial charge in [-0.1, -0.05) is 6.07 Å². The fourth-order valence-corrected chi connectivity index (χ4v) is 1.54. The molecule has 1 heterocycles. The minimum atomic E-state index is 0.0331. The second-order valence-electron chi connectivity index (χ2n) is 3.47. The molecule has 72 valence electrons. The maximum absolute atomic E-state index is 8.74. The van der Waals surface area contributed by atoms with Crippen molar-refractivity contribution in [1.82, 2.24) is 0 Å². The summed E-state index contributed by atoms with van der Waals surface area (Å²) < 4.78 is 5.24. The zero-order chi connectivity index (χ0) is 10.1. The lowest BCUT2D eigenvalue weighted by molar-refractivity contribution is 0.416. The van der Waals surface area contributed by atoms with Gasteiger partial charge in [-0.15, -0.1) is 0 Å². The summed E-state index contributed by atoms with van der Waals surface area (Å²) in [5.74, 6) is 0.841. The molecular formula is C11H12N2O. The summed E-state index contributed by atoms with van der Waals surface area (Å²) in [6.45, 7) is 2.85. The summed E-state index contributed by atoms with van der Waals surface area (Å²) in [4.78, 5) is 2.03. The van der Waals surface area contributed by atoms with Crippen molar-refractivity contribution in [2.75, 3.05) is 18.6 Å². The minimum Gasteiger partial charge on any atom is -0.495 e. The highest BCUT2D eigenvalue weighted by molar-refractivity contribution is 5.66. The Balaban J connectivity index is 2.33. The highest BCUT2D eigenvalue weighted by Gasteiger charge is 2.35. The summed E-state index contributed by atoms with van der Waals surface area (Å²) in [7, 11) is 1.65. The first-order valence-corrected chi connectivity index (χ1v) is 4.57. The highest BCUT2D eigenvalue weighted by Crippen LogP contribution is 2.36. The first-order valence-electron chi connectivity index (χ1n) is 4.57. The number of benzene rings is 1. The number of ether oxygens (including phenoxy) is 1. The van der Waals surface area contributed by atoms with Crippen LogP contribution < -0.4 is 9.64 Å². The first-order chi connectivity index (χ1) is 6.76. The van der Waals surface area contributed by atoms with Crippen LogP contribution in [0.4, 0.5) is 5.69 Å². The molecule has 1 unspecified atom stereocenters. The molecule has 3 nitrogen and oxygen atoms in total. The van der Waals surface area contributed by atoms with Crippen LogP contribution in [0, 0.1) is 18.3 Å². The molecule has 3 heteroatoms. The second-order valence-corrected chi connectivity index (χ2v) is 3.47. The summed E-state index contributed by atoms with van der Waals surface area (Å²) in [6.07, 6.45) is 0. The predicted octanol–water partition coefficient (Wildman–Crippen LogP) is 1.72. The largest absolute Gasteiger partial charge is 0.495 e. The monoisotopic (exact) mass is 188 g/mol. The summed E-state index contributed by atoms with van der Waals surface area (Å²) in [6, 6.07) is 8.26. The summed E-state index contributed by atoms with van der Waals surface area (Å²) in [5.41, 5.74) is 2.21. The van der Waals surface area contributed by atoms with Crippen LogP contribution in [0.5, 0.6) is 5.75 Å². The van der Waals surface area contributed by atoms with E-state index in [1.807, 2.05) is 24.0 Å². The van der Waals surface area contributed by atoms with Gasteiger partial charge in [0, 0.05) is 0 Å². The lowest BCUT2D eigenvalue weighted by atomic mass is 10.2. The average molecular weight is 188 g/mol. The SMILES string of the molecule is COc1ccc(C)cc1N1CC1C#N. The Morgan fingerprint density at radius 1 is 1.57 bits per heavy atom. The fraction of sp³-hybridized carbons (Fsp3) is 0.364. The van der Waals surface area contributed by atoms with E-state index in [1.165, 1.54) is 5.56 Å². The molecule has 1 aromatic rings. The highest BCUT2D eigenvalue weighted by atomic mass is 16.5. The Labute approximate surface area is 83.5 Å². The molecule has 1 saturated heterocycles. The second kappa shape index (κ2) is 3.22. The van der Waals surface area contributed by atoms with E-state index in [1.54, 1.807) is 7.11 Å². The maximum Gasteiger partial charge on any atom is 0.142 e. The van der Waals surface area contributed by atoms with Crippen LogP contribution in [0.15, 0.2) is 18.2 Å². The number of hydrogen-bond acceptors (Lipinski definition) is 3. The average Bonchev–Trinajstić information content (AvgIpc) is 2.96. The zero-order valence-corrected chi connectivity index (χ0v) is 8.32. The third-order valence-electron chi connectivity index (χ3n) is 2.41. The lowest BCUT2D eigenvalue weighted by Crippen LogP contribution is -1.99. The van der Waals surface area contributed by atoms with Crippen molar-refractivity contribution in [3.63, 3.8) is 0 Å². The van der Waals surface area contributed by atoms with Crippen molar-refractivity contribution in [2.24, 2.45) is 0 Å². The van der Waals surface area contributed by atoms with Crippen LogP contribution in [-0.2, 0) is 0 Å². The van der Waals surface area contributed by atoms with Gasteiger partial charge in [-0.3, -0.25) is 0 Å². The minimum absolute atomic E-state index is 0.0331. The third-order valence-corrected chi connectivity index (χ3v) is 2.41. The molecule has 0 bridgehead atoms. The smallest absolute Gasteiger partial charge is 0.142 e. The van der Waals surface area contributed by atoms with Crippen molar-refractivity contribution in [3.05, 3.63) is 23.8 Å². The van der Waals surface area contributed by atoms with E-state index >= 15 is 0 Å². The molecule has 1 fully saturated rings. The van der Waals surface area contributed by atoms with Gasteiger partial charge in [-0.25, -0.2) is 0 Å². The van der Waals surface area contributed by atoms with Crippen molar-refractivity contribution in [2.45, 2.75) is 13.0 Å². The number of nitrogens with zero attached hydrogens (tertiary/aromatic N) is 2. The molecule has 1 aliphatic rings. The van der Waals surface area contributed by atoms with E-state index in [4.69, 9.17) is 10.00 Å². The predicted molar refractivity (Wildman–Crippen MR) is 54.5 cm³/mol. The molecule has 2 rings (SSSR count). The first kappa shape index (κ1) is 8.89. The van der Waals surface area contributed by atoms with Gasteiger partial charge in [0.1, 0.15) is 11.8 Å². The molecule has 1 aliphatic heterocycles. The maximum atomic E-state index is 8.74. The van der Waals surface area contributed by atoms with Crippen LogP contribution in [0.1, 0.15) is 5.56 Å². The van der Waals surface area contributed by atoms with Gasteiger partial charge in [0.25, 0.3) is 0 Å². The van der Waals surface area contributed by atoms with Crippen LogP contribution in [0.2, 0.25) is 0 Å². The fourth-order valence-electron chi connectivity index (χ4n) is 1.54. The summed E-state index contributed by atoms with van der Waals surface area (Å²) >= 11 is 0. The van der Waals surface area contributed by atoms with E-state index in [9.17, 15) is 0 Å².